The molecule has 2 aliphatic rings. The average Bonchev–Trinajstić information content (AvgIpc) is 3.03. The van der Waals surface area contributed by atoms with Crippen molar-refractivity contribution in [2.24, 2.45) is 17.8 Å². The number of fused-ring (bicyclic) bond motifs is 1. The smallest absolute Gasteiger partial charge is 0.251 e. The fraction of sp³-hybridized carbons (Fsp3) is 0.550. The van der Waals surface area contributed by atoms with E-state index in [9.17, 15) is 4.79 Å². The van der Waals surface area contributed by atoms with Crippen molar-refractivity contribution in [1.29, 1.82) is 0 Å². The Hall–Kier alpha value is -1.92. The second kappa shape index (κ2) is 7.60. The summed E-state index contributed by atoms with van der Waals surface area (Å²) in [5, 5.41) is 12.3. The number of nitrogens with one attached hydrogen (secondary N) is 1. The molecule has 0 spiro atoms. The largest absolute Gasteiger partial charge is 0.378 e. The summed E-state index contributed by atoms with van der Waals surface area (Å²) >= 11 is 5.91. The van der Waals surface area contributed by atoms with Crippen LogP contribution in [0.5, 0.6) is 0 Å². The summed E-state index contributed by atoms with van der Waals surface area (Å²) in [6.07, 6.45) is 5.16. The van der Waals surface area contributed by atoms with Crippen LogP contribution in [0.1, 0.15) is 48.3 Å². The summed E-state index contributed by atoms with van der Waals surface area (Å²) in [5.41, 5.74) is 1.53. The van der Waals surface area contributed by atoms with Gasteiger partial charge in [0, 0.05) is 23.7 Å². The Kier molecular flexibility index (Phi) is 5.19. The number of carbonyl (C=O) groups excluding carboxylic acids is 1. The summed E-state index contributed by atoms with van der Waals surface area (Å²) in [6.45, 7) is 2.64. The van der Waals surface area contributed by atoms with Crippen LogP contribution >= 0.6 is 11.6 Å². The Morgan fingerprint density at radius 3 is 2.67 bits per heavy atom. The number of ether oxygens (including phenoxy) is 1. The number of nitrogens with zero attached hydrogens (tertiary/aromatic N) is 3. The zero-order valence-corrected chi connectivity index (χ0v) is 16.4. The molecule has 2 fully saturated rings. The molecule has 4 rings (SSSR count). The van der Waals surface area contributed by atoms with E-state index in [1.165, 1.54) is 0 Å². The summed E-state index contributed by atoms with van der Waals surface area (Å²) in [7, 11) is 1.66. The molecule has 1 amide bonds. The van der Waals surface area contributed by atoms with Crippen LogP contribution in [0.15, 0.2) is 30.5 Å². The number of hydrogen-bond donors (Lipinski definition) is 1. The maximum absolute atomic E-state index is 12.5. The molecular formula is C20H25ClN4O2. The van der Waals surface area contributed by atoms with Gasteiger partial charge in [-0.25, -0.2) is 4.68 Å². The number of halogens is 1. The fourth-order valence-electron chi connectivity index (χ4n) is 4.71. The van der Waals surface area contributed by atoms with E-state index >= 15 is 0 Å². The molecule has 2 aromatic rings. The van der Waals surface area contributed by atoms with Crippen LogP contribution in [0.4, 0.5) is 0 Å². The standard InChI is InChI=1S/C20H25ClN4O2/c1-3-18(22-20(26)12-4-6-13(21)7-5-12)19-16-8-15(9-17(16)19)25-10-14(11-27-2)23-24-25/h4-7,10,15-19H,3,8-9,11H2,1-2H3,(H,22,26). The maximum Gasteiger partial charge on any atom is 0.251 e. The number of rotatable bonds is 7. The second-order valence-electron chi connectivity index (χ2n) is 7.65. The lowest BCUT2D eigenvalue weighted by molar-refractivity contribution is 0.0926. The van der Waals surface area contributed by atoms with Gasteiger partial charge in [0.05, 0.1) is 18.8 Å². The van der Waals surface area contributed by atoms with Crippen LogP contribution in [-0.2, 0) is 11.3 Å². The third-order valence-corrected chi connectivity index (χ3v) is 6.29. The number of aromatic nitrogens is 3. The van der Waals surface area contributed by atoms with Crippen molar-refractivity contribution in [2.75, 3.05) is 7.11 Å². The molecule has 2 saturated carbocycles. The maximum atomic E-state index is 12.5. The highest BCUT2D eigenvalue weighted by molar-refractivity contribution is 6.30. The molecule has 1 aromatic heterocycles. The number of amides is 1. The van der Waals surface area contributed by atoms with Gasteiger partial charge < -0.3 is 10.1 Å². The molecule has 1 aromatic carbocycles. The highest BCUT2D eigenvalue weighted by atomic mass is 35.5. The lowest BCUT2D eigenvalue weighted by Crippen LogP contribution is -2.37. The van der Waals surface area contributed by atoms with Crippen molar-refractivity contribution in [2.45, 2.75) is 44.9 Å². The number of hydrogen-bond acceptors (Lipinski definition) is 4. The summed E-state index contributed by atoms with van der Waals surface area (Å²) in [5.74, 6) is 1.89. The number of benzene rings is 1. The zero-order valence-electron chi connectivity index (χ0n) is 15.6. The van der Waals surface area contributed by atoms with Crippen molar-refractivity contribution in [3.05, 3.63) is 46.7 Å². The molecule has 27 heavy (non-hydrogen) atoms. The highest BCUT2D eigenvalue weighted by Crippen LogP contribution is 2.62. The first-order chi connectivity index (χ1) is 13.1. The molecule has 0 radical (unpaired) electrons. The first-order valence-corrected chi connectivity index (χ1v) is 9.94. The summed E-state index contributed by atoms with van der Waals surface area (Å²) < 4.78 is 7.10. The first kappa shape index (κ1) is 18.4. The van der Waals surface area contributed by atoms with E-state index in [4.69, 9.17) is 16.3 Å². The van der Waals surface area contributed by atoms with Gasteiger partial charge in [-0.3, -0.25) is 4.79 Å². The van der Waals surface area contributed by atoms with Crippen molar-refractivity contribution < 1.29 is 9.53 Å². The van der Waals surface area contributed by atoms with Crippen LogP contribution in [0.3, 0.4) is 0 Å². The molecule has 0 bridgehead atoms. The molecule has 0 saturated heterocycles. The predicted octanol–water partition coefficient (Wildman–Crippen LogP) is 3.48. The monoisotopic (exact) mass is 388 g/mol. The lowest BCUT2D eigenvalue weighted by Gasteiger charge is -2.21. The Bertz CT molecular complexity index is 795. The Balaban J connectivity index is 1.34. The lowest BCUT2D eigenvalue weighted by atomic mass is 9.99. The second-order valence-corrected chi connectivity index (χ2v) is 8.08. The van der Waals surface area contributed by atoms with E-state index < -0.39 is 0 Å². The number of methoxy groups -OCH3 is 1. The quantitative estimate of drug-likeness (QED) is 0.788. The molecule has 1 heterocycles. The summed E-state index contributed by atoms with van der Waals surface area (Å²) in [6, 6.07) is 7.70. The molecule has 144 valence electrons. The minimum Gasteiger partial charge on any atom is -0.378 e. The van der Waals surface area contributed by atoms with Crippen LogP contribution < -0.4 is 5.32 Å². The third-order valence-electron chi connectivity index (χ3n) is 6.04. The van der Waals surface area contributed by atoms with Gasteiger partial charge >= 0.3 is 0 Å². The average molecular weight is 389 g/mol. The van der Waals surface area contributed by atoms with Gasteiger partial charge in [0.15, 0.2) is 0 Å². The molecule has 1 N–H and O–H groups in total. The van der Waals surface area contributed by atoms with E-state index in [0.717, 1.165) is 25.0 Å². The first-order valence-electron chi connectivity index (χ1n) is 9.56. The highest BCUT2D eigenvalue weighted by Gasteiger charge is 2.59. The molecule has 2 aliphatic carbocycles. The Morgan fingerprint density at radius 2 is 2.04 bits per heavy atom. The van der Waals surface area contributed by atoms with Gasteiger partial charge in [0.1, 0.15) is 5.69 Å². The molecule has 7 heteroatoms. The van der Waals surface area contributed by atoms with E-state index in [-0.39, 0.29) is 11.9 Å². The van der Waals surface area contributed by atoms with Crippen molar-refractivity contribution >= 4 is 17.5 Å². The van der Waals surface area contributed by atoms with Crippen LogP contribution in [0.25, 0.3) is 0 Å². The van der Waals surface area contributed by atoms with Crippen molar-refractivity contribution in [1.82, 2.24) is 20.3 Å². The number of carbonyl (C=O) groups is 1. The van der Waals surface area contributed by atoms with E-state index in [1.807, 2.05) is 10.9 Å². The van der Waals surface area contributed by atoms with Crippen molar-refractivity contribution in [3.63, 3.8) is 0 Å². The topological polar surface area (TPSA) is 69.0 Å². The molecule has 3 unspecified atom stereocenters. The zero-order chi connectivity index (χ0) is 19.0. The fourth-order valence-corrected chi connectivity index (χ4v) is 4.83. The van der Waals surface area contributed by atoms with Crippen molar-refractivity contribution in [3.8, 4) is 0 Å². The molecule has 0 aliphatic heterocycles. The normalized spacial score (nSPS) is 27.2. The minimum atomic E-state index is -0.0134. The van der Waals surface area contributed by atoms with E-state index in [2.05, 4.69) is 22.6 Å². The van der Waals surface area contributed by atoms with Crippen LogP contribution in [-0.4, -0.2) is 34.1 Å². The molecule has 6 nitrogen and oxygen atoms in total. The van der Waals surface area contributed by atoms with Gasteiger partial charge in [-0.15, -0.1) is 5.10 Å². The van der Waals surface area contributed by atoms with E-state index in [0.29, 0.717) is 41.0 Å². The van der Waals surface area contributed by atoms with Gasteiger partial charge in [-0.2, -0.15) is 0 Å². The van der Waals surface area contributed by atoms with Gasteiger partial charge in [-0.05, 0) is 61.3 Å². The van der Waals surface area contributed by atoms with E-state index in [1.54, 1.807) is 31.4 Å². The van der Waals surface area contributed by atoms with Crippen LogP contribution in [0.2, 0.25) is 5.02 Å². The van der Waals surface area contributed by atoms with Gasteiger partial charge in [-0.1, -0.05) is 23.7 Å². The minimum absolute atomic E-state index is 0.0134. The molecule has 3 atom stereocenters. The SMILES string of the molecule is CCC(NC(=O)c1ccc(Cl)cc1)C1C2CC(n3cc(COC)nn3)CC21. The molecular weight excluding hydrogens is 364 g/mol. The Morgan fingerprint density at radius 1 is 1.33 bits per heavy atom. The van der Waals surface area contributed by atoms with Crippen LogP contribution in [0, 0.1) is 17.8 Å². The third kappa shape index (κ3) is 3.73. The predicted molar refractivity (Wildman–Crippen MR) is 102 cm³/mol. The summed E-state index contributed by atoms with van der Waals surface area (Å²) in [4.78, 5) is 12.5. The Labute approximate surface area is 164 Å². The van der Waals surface area contributed by atoms with Gasteiger partial charge in [0.2, 0.25) is 0 Å². The van der Waals surface area contributed by atoms with Gasteiger partial charge in [0.25, 0.3) is 5.91 Å².